The van der Waals surface area contributed by atoms with Crippen LogP contribution in [-0.2, 0) is 32.0 Å². The minimum atomic E-state index is -1.63. The van der Waals surface area contributed by atoms with Crippen molar-refractivity contribution in [1.29, 1.82) is 0 Å². The lowest BCUT2D eigenvalue weighted by molar-refractivity contribution is -0.301. The number of rotatable bonds is 12. The van der Waals surface area contributed by atoms with Crippen LogP contribution in [0.25, 0.3) is 87.2 Å². The number of fused-ring (bicyclic) bond motifs is 20. The van der Waals surface area contributed by atoms with Crippen LogP contribution in [0.2, 0.25) is 0 Å². The molecule has 8 heterocycles. The molecule has 0 bridgehead atoms. The largest absolute Gasteiger partial charge is 0.394 e. The molecule has 2 saturated heterocycles. The highest BCUT2D eigenvalue weighted by atomic mass is 16.8. The van der Waals surface area contributed by atoms with Crippen LogP contribution in [0.3, 0.4) is 0 Å². The molecule has 0 saturated carbocycles. The second-order valence-electron chi connectivity index (χ2n) is 21.6. The number of amides is 4. The van der Waals surface area contributed by atoms with E-state index in [2.05, 4.69) is 9.97 Å². The lowest BCUT2D eigenvalue weighted by Gasteiger charge is -2.40. The van der Waals surface area contributed by atoms with Gasteiger partial charge in [-0.2, -0.15) is 9.46 Å². The molecule has 4 amide bonds. The van der Waals surface area contributed by atoms with Crippen molar-refractivity contribution in [3.8, 4) is 0 Å². The van der Waals surface area contributed by atoms with Gasteiger partial charge in [0.05, 0.1) is 70.6 Å². The van der Waals surface area contributed by atoms with Crippen LogP contribution in [-0.4, -0.2) is 172 Å². The molecule has 426 valence electrons. The summed E-state index contributed by atoms with van der Waals surface area (Å²) >= 11 is 0. The average molecular weight is 1140 g/mol. The predicted octanol–water partition coefficient (Wildman–Crippen LogP) is 4.53. The smallest absolute Gasteiger partial charge is 0.262 e. The number of ether oxygens (including phenoxy) is 4. The maximum Gasteiger partial charge on any atom is 0.262 e. The molecule has 7 aromatic carbocycles. The second-order valence-corrected chi connectivity index (χ2v) is 21.6. The van der Waals surface area contributed by atoms with Gasteiger partial charge in [-0.05, 0) is 35.4 Å². The summed E-state index contributed by atoms with van der Waals surface area (Å²) in [6.07, 6.45) is -13.6. The molecular formula is C62H52N6O16. The van der Waals surface area contributed by atoms with Gasteiger partial charge >= 0.3 is 0 Å². The third-order valence-corrected chi connectivity index (χ3v) is 17.2. The van der Waals surface area contributed by atoms with Gasteiger partial charge in [0.1, 0.15) is 59.9 Å². The number of aromatic amines is 2. The molecule has 0 radical (unpaired) electrons. The number of para-hydroxylation sites is 4. The molecule has 0 unspecified atom stereocenters. The Balaban J connectivity index is 0.778. The Morgan fingerprint density at radius 2 is 0.798 bits per heavy atom. The van der Waals surface area contributed by atoms with Crippen molar-refractivity contribution in [3.05, 3.63) is 155 Å². The highest BCUT2D eigenvalue weighted by Gasteiger charge is 2.50. The van der Waals surface area contributed by atoms with Crippen LogP contribution in [0.1, 0.15) is 52.6 Å². The maximum absolute atomic E-state index is 15.2. The minimum absolute atomic E-state index is 0.133. The number of benzene rings is 7. The number of H-pyrrole nitrogens is 2. The van der Waals surface area contributed by atoms with Crippen molar-refractivity contribution in [2.45, 2.75) is 74.5 Å². The number of hydrogen-bond donors (Lipinski definition) is 8. The Kier molecular flexibility index (Phi) is 12.0. The second kappa shape index (κ2) is 19.4. The van der Waals surface area contributed by atoms with E-state index >= 15 is 19.2 Å². The third-order valence-electron chi connectivity index (χ3n) is 17.2. The molecule has 4 aromatic heterocycles. The van der Waals surface area contributed by atoms with E-state index in [1.165, 1.54) is 33.5 Å². The monoisotopic (exact) mass is 1140 g/mol. The molecule has 84 heavy (non-hydrogen) atoms. The number of aromatic nitrogens is 4. The Morgan fingerprint density at radius 1 is 0.452 bits per heavy atom. The van der Waals surface area contributed by atoms with Gasteiger partial charge in [0, 0.05) is 68.3 Å². The molecule has 4 aliphatic heterocycles. The van der Waals surface area contributed by atoms with E-state index < -0.39 is 98.3 Å². The van der Waals surface area contributed by atoms with Crippen LogP contribution < -0.4 is 9.68 Å². The van der Waals surface area contributed by atoms with Crippen molar-refractivity contribution in [2.75, 3.05) is 27.4 Å². The summed E-state index contributed by atoms with van der Waals surface area (Å²) in [5.41, 5.74) is 5.64. The number of carbonyl (C=O) groups excluding carboxylic acids is 4. The first-order valence-corrected chi connectivity index (χ1v) is 27.3. The summed E-state index contributed by atoms with van der Waals surface area (Å²) in [4.78, 5) is 82.7. The molecule has 22 nitrogen and oxygen atoms in total. The van der Waals surface area contributed by atoms with Gasteiger partial charge in [0.25, 0.3) is 36.2 Å². The first kappa shape index (κ1) is 52.1. The number of methoxy groups -OCH3 is 2. The third kappa shape index (κ3) is 7.27. The average Bonchev–Trinajstić information content (AvgIpc) is 1.58. The number of nitrogens with one attached hydrogen (secondary N) is 2. The molecule has 4 aliphatic rings. The van der Waals surface area contributed by atoms with E-state index in [-0.39, 0.29) is 35.3 Å². The van der Waals surface area contributed by atoms with E-state index in [0.717, 1.165) is 0 Å². The molecule has 10 atom stereocenters. The lowest BCUT2D eigenvalue weighted by Crippen LogP contribution is -2.61. The first-order valence-electron chi connectivity index (χ1n) is 27.3. The zero-order valence-corrected chi connectivity index (χ0v) is 44.7. The topological polar surface area (TPSA) is 293 Å². The van der Waals surface area contributed by atoms with Crippen molar-refractivity contribution >= 4 is 111 Å². The van der Waals surface area contributed by atoms with E-state index in [0.29, 0.717) is 98.4 Å². The SMILES string of the molecule is CO[C@H]1[C@H](O)[C@@H](O)[C@H](On2c3ccccc3c3c4c(c5c6ccccc6[nH]c5c32)C(=O)N(Cc2ccc(CN3C(=O)c5c(c6c7ccccc7n(O[C@@H]7O[C@H](CO)[C@@H](OC)[C@H](O)[C@H]7O)c6c6[nH]c7ccccc7c56)C3=O)cc2)C4=O)O[C@@H]1CO. The summed E-state index contributed by atoms with van der Waals surface area (Å²) in [6, 6.07) is 35.9. The Morgan fingerprint density at radius 3 is 1.17 bits per heavy atom. The minimum Gasteiger partial charge on any atom is -0.394 e. The molecular weight excluding hydrogens is 1080 g/mol. The van der Waals surface area contributed by atoms with Crippen LogP contribution in [0, 0.1) is 0 Å². The number of carbonyl (C=O) groups is 4. The summed E-state index contributed by atoms with van der Waals surface area (Å²) in [5.74, 6) is -2.23. The van der Waals surface area contributed by atoms with E-state index in [4.69, 9.17) is 28.6 Å². The Labute approximate surface area is 473 Å². The van der Waals surface area contributed by atoms with Gasteiger partial charge in [-0.3, -0.25) is 29.0 Å². The number of hydrogen-bond acceptors (Lipinski definition) is 16. The molecule has 22 heteroatoms. The Hall–Kier alpha value is -8.78. The number of nitrogens with zero attached hydrogens (tertiary/aromatic N) is 4. The molecule has 11 aromatic rings. The van der Waals surface area contributed by atoms with E-state index in [1.807, 2.05) is 48.5 Å². The summed E-state index contributed by atoms with van der Waals surface area (Å²) in [5, 5.41) is 69.4. The van der Waals surface area contributed by atoms with E-state index in [9.17, 15) is 30.6 Å². The van der Waals surface area contributed by atoms with Gasteiger partial charge in [-0.15, -0.1) is 0 Å². The molecule has 0 aliphatic carbocycles. The van der Waals surface area contributed by atoms with Crippen molar-refractivity contribution in [3.63, 3.8) is 0 Å². The highest BCUT2D eigenvalue weighted by Crippen LogP contribution is 2.48. The zero-order valence-electron chi connectivity index (χ0n) is 44.7. The normalized spacial score (nSPS) is 24.7. The van der Waals surface area contributed by atoms with Gasteiger partial charge < -0.3 is 69.2 Å². The fourth-order valence-electron chi connectivity index (χ4n) is 13.3. The Bertz CT molecular complexity index is 4310. The fourth-order valence-corrected chi connectivity index (χ4v) is 13.3. The van der Waals surface area contributed by atoms with E-state index in [1.54, 1.807) is 72.8 Å². The zero-order chi connectivity index (χ0) is 57.7. The highest BCUT2D eigenvalue weighted by molar-refractivity contribution is 6.40. The molecule has 8 N–H and O–H groups in total. The summed E-state index contributed by atoms with van der Waals surface area (Å²) < 4.78 is 25.6. The van der Waals surface area contributed by atoms with Crippen LogP contribution in [0.15, 0.2) is 121 Å². The molecule has 15 rings (SSSR count). The maximum atomic E-state index is 15.2. The summed E-state index contributed by atoms with van der Waals surface area (Å²) in [7, 11) is 2.66. The predicted molar refractivity (Wildman–Crippen MR) is 303 cm³/mol. The van der Waals surface area contributed by atoms with Gasteiger partial charge in [0.2, 0.25) is 0 Å². The number of imide groups is 2. The molecule has 0 spiro atoms. The number of aliphatic hydroxyl groups is 6. The standard InChI is InChI=1S/C62H52N6O16/c1-79-55-37(25-69)81-61(53(73)51(55)71)83-67-35-17-9-5-13-31(35)41-45-43(39-29-11-3-7-15-33(29)63-47(39)49(41)67)57(75)65(59(45)77)23-27-19-21-28(22-20-27)24-66-58(76)44-40-30-12-4-8-16-34(30)64-48(40)50-42(46(44)60(66)78)32-14-6-10-18-36(32)68(50)84-62-54(74)52(72)56(80-2)38(26-70)82-62/h3-22,37-38,51-56,61-64,69-74H,23-26H2,1-2H3/t37-,38-,51-,52-,53-,54-,55-,56-,61+,62+/m1/s1. The van der Waals surface area contributed by atoms with Crippen molar-refractivity contribution in [1.82, 2.24) is 29.2 Å². The van der Waals surface area contributed by atoms with Crippen LogP contribution in [0.5, 0.6) is 0 Å². The van der Waals surface area contributed by atoms with Gasteiger partial charge in [-0.1, -0.05) is 97.1 Å². The van der Waals surface area contributed by atoms with Gasteiger partial charge in [-0.25, -0.2) is 0 Å². The van der Waals surface area contributed by atoms with Crippen molar-refractivity contribution < 1.29 is 78.4 Å². The summed E-state index contributed by atoms with van der Waals surface area (Å²) in [6.45, 7) is -1.40. The first-order chi connectivity index (χ1) is 40.8. The lowest BCUT2D eigenvalue weighted by atomic mass is 9.97. The van der Waals surface area contributed by atoms with Gasteiger partial charge in [0.15, 0.2) is 0 Å². The van der Waals surface area contributed by atoms with Crippen LogP contribution in [0.4, 0.5) is 0 Å². The van der Waals surface area contributed by atoms with Crippen molar-refractivity contribution in [2.24, 2.45) is 0 Å². The fraction of sp³-hybridized carbons (Fsp3) is 0.258. The molecule has 2 fully saturated rings. The van der Waals surface area contributed by atoms with Crippen LogP contribution >= 0.6 is 0 Å². The quantitative estimate of drug-likeness (QED) is 0.0780. The number of aliphatic hydroxyl groups excluding tert-OH is 6.